The Morgan fingerprint density at radius 3 is 1.27 bits per heavy atom. The first-order valence-electron chi connectivity index (χ1n) is 4.55. The van der Waals surface area contributed by atoms with Crippen LogP contribution >= 0.6 is 0 Å². The summed E-state index contributed by atoms with van der Waals surface area (Å²) in [4.78, 5) is 0. The topological polar surface area (TPSA) is 40.5 Å². The van der Waals surface area contributed by atoms with E-state index < -0.39 is 0 Å². The van der Waals surface area contributed by atoms with Gasteiger partial charge < -0.3 is 10.2 Å². The molecule has 2 N–H and O–H groups in total. The summed E-state index contributed by atoms with van der Waals surface area (Å²) in [6.45, 7) is 4.24. The molecule has 0 aliphatic heterocycles. The Balaban J connectivity index is 0. The normalized spacial score (nSPS) is 8.73. The molecule has 11 heavy (non-hydrogen) atoms. The van der Waals surface area contributed by atoms with Gasteiger partial charge in [-0.25, -0.2) is 0 Å². The van der Waals surface area contributed by atoms with Crippen LogP contribution in [-0.4, -0.2) is 23.4 Å². The average Bonchev–Trinajstić information content (AvgIpc) is 2.06. The van der Waals surface area contributed by atoms with Crippen molar-refractivity contribution in [3.05, 3.63) is 0 Å². The molecule has 0 bridgehead atoms. The molecular formula is C9H22O2. The number of hydrogen-bond acceptors (Lipinski definition) is 2. The summed E-state index contributed by atoms with van der Waals surface area (Å²) in [5, 5.41) is 15.2. The monoisotopic (exact) mass is 162 g/mol. The van der Waals surface area contributed by atoms with Gasteiger partial charge in [0.25, 0.3) is 0 Å². The molecule has 2 heteroatoms. The minimum absolute atomic E-state index is 0.125. The smallest absolute Gasteiger partial charge is 0.0662 e. The fourth-order valence-electron chi connectivity index (χ4n) is 0.677. The van der Waals surface area contributed by atoms with E-state index in [1.54, 1.807) is 0 Å². The van der Waals surface area contributed by atoms with Gasteiger partial charge in [0.05, 0.1) is 13.2 Å². The van der Waals surface area contributed by atoms with E-state index in [1.165, 1.54) is 32.1 Å². The average molecular weight is 162 g/mol. The van der Waals surface area contributed by atoms with E-state index in [4.69, 9.17) is 10.2 Å². The molecule has 0 aromatic rings. The summed E-state index contributed by atoms with van der Waals surface area (Å²) in [5.74, 6) is 0. The molecule has 0 aromatic heterocycles. The molecule has 0 unspecified atom stereocenters. The van der Waals surface area contributed by atoms with Crippen LogP contribution in [0.5, 0.6) is 0 Å². The first kappa shape index (κ1) is 13.5. The highest BCUT2D eigenvalue weighted by Crippen LogP contribution is 2.00. The third-order valence-electron chi connectivity index (χ3n) is 1.31. The van der Waals surface area contributed by atoms with E-state index in [0.29, 0.717) is 0 Å². The highest BCUT2D eigenvalue weighted by atomic mass is 16.3. The number of aliphatic hydroxyl groups excluding tert-OH is 2. The second-order valence-electron chi connectivity index (χ2n) is 2.51. The molecule has 70 valence electrons. The minimum atomic E-state index is -0.125. The Morgan fingerprint density at radius 2 is 1.09 bits per heavy atom. The lowest BCUT2D eigenvalue weighted by atomic mass is 10.2. The fourth-order valence-corrected chi connectivity index (χ4v) is 0.677. The summed E-state index contributed by atoms with van der Waals surface area (Å²) < 4.78 is 0. The van der Waals surface area contributed by atoms with E-state index in [2.05, 4.69) is 13.8 Å². The fraction of sp³-hybridized carbons (Fsp3) is 1.00. The van der Waals surface area contributed by atoms with Crippen LogP contribution in [0.3, 0.4) is 0 Å². The maximum Gasteiger partial charge on any atom is 0.0662 e. The van der Waals surface area contributed by atoms with Crippen LogP contribution in [-0.2, 0) is 0 Å². The van der Waals surface area contributed by atoms with Gasteiger partial charge >= 0.3 is 0 Å². The van der Waals surface area contributed by atoms with Crippen LogP contribution in [0.4, 0.5) is 0 Å². The zero-order valence-corrected chi connectivity index (χ0v) is 7.84. The second-order valence-corrected chi connectivity index (χ2v) is 2.51. The van der Waals surface area contributed by atoms with Crippen molar-refractivity contribution < 1.29 is 10.2 Å². The molecule has 0 aliphatic carbocycles. The largest absolute Gasteiger partial charge is 0.394 e. The molecule has 0 amide bonds. The summed E-state index contributed by atoms with van der Waals surface area (Å²) in [5.41, 5.74) is 0. The van der Waals surface area contributed by atoms with Gasteiger partial charge in [0, 0.05) is 0 Å². The van der Waals surface area contributed by atoms with Crippen LogP contribution in [0.25, 0.3) is 0 Å². The summed E-state index contributed by atoms with van der Waals surface area (Å²) in [6.07, 6.45) is 7.01. The maximum atomic E-state index is 7.62. The van der Waals surface area contributed by atoms with Gasteiger partial charge in [-0.3, -0.25) is 0 Å². The molecule has 0 rings (SSSR count). The summed E-state index contributed by atoms with van der Waals surface area (Å²) >= 11 is 0. The SMILES string of the molecule is CCCCCCC.OCCO. The van der Waals surface area contributed by atoms with Crippen molar-refractivity contribution >= 4 is 0 Å². The van der Waals surface area contributed by atoms with E-state index in [9.17, 15) is 0 Å². The van der Waals surface area contributed by atoms with Crippen LogP contribution in [0.1, 0.15) is 46.0 Å². The standard InChI is InChI=1S/C7H16.C2H6O2/c1-3-5-7-6-4-2;3-1-2-4/h3-7H2,1-2H3;3-4H,1-2H2. The molecule has 0 aliphatic rings. The zero-order chi connectivity index (χ0) is 8.95. The van der Waals surface area contributed by atoms with E-state index >= 15 is 0 Å². The molecule has 0 saturated heterocycles. The first-order chi connectivity index (χ1) is 5.33. The number of aliphatic hydroxyl groups is 2. The predicted octanol–water partition coefficient (Wildman–Crippen LogP) is 1.95. The van der Waals surface area contributed by atoms with Crippen molar-refractivity contribution in [2.24, 2.45) is 0 Å². The zero-order valence-electron chi connectivity index (χ0n) is 7.84. The van der Waals surface area contributed by atoms with Crippen LogP contribution in [0.15, 0.2) is 0 Å². The number of unbranched alkanes of at least 4 members (excludes halogenated alkanes) is 4. The maximum absolute atomic E-state index is 7.62. The van der Waals surface area contributed by atoms with Crippen molar-refractivity contribution in [3.8, 4) is 0 Å². The number of rotatable bonds is 5. The van der Waals surface area contributed by atoms with Crippen LogP contribution in [0.2, 0.25) is 0 Å². The molecular weight excluding hydrogens is 140 g/mol. The Labute approximate surface area is 70.3 Å². The highest BCUT2D eigenvalue weighted by Gasteiger charge is 1.80. The van der Waals surface area contributed by atoms with Gasteiger partial charge in [-0.15, -0.1) is 0 Å². The van der Waals surface area contributed by atoms with Crippen LogP contribution < -0.4 is 0 Å². The van der Waals surface area contributed by atoms with Gasteiger partial charge in [0.2, 0.25) is 0 Å². The Morgan fingerprint density at radius 1 is 0.727 bits per heavy atom. The lowest BCUT2D eigenvalue weighted by Gasteiger charge is -1.90. The minimum Gasteiger partial charge on any atom is -0.394 e. The van der Waals surface area contributed by atoms with Gasteiger partial charge in [0.1, 0.15) is 0 Å². The van der Waals surface area contributed by atoms with Gasteiger partial charge in [-0.05, 0) is 0 Å². The van der Waals surface area contributed by atoms with E-state index in [0.717, 1.165) is 0 Å². The van der Waals surface area contributed by atoms with Crippen molar-refractivity contribution in [2.75, 3.05) is 13.2 Å². The molecule has 0 heterocycles. The third kappa shape index (κ3) is 25.7. The molecule has 0 fully saturated rings. The van der Waals surface area contributed by atoms with Gasteiger partial charge in [-0.2, -0.15) is 0 Å². The van der Waals surface area contributed by atoms with Crippen molar-refractivity contribution in [3.63, 3.8) is 0 Å². The lowest BCUT2D eigenvalue weighted by molar-refractivity contribution is 0.186. The Hall–Kier alpha value is -0.0800. The second kappa shape index (κ2) is 16.5. The highest BCUT2D eigenvalue weighted by molar-refractivity contribution is 4.35. The predicted molar refractivity (Wildman–Crippen MR) is 48.6 cm³/mol. The quantitative estimate of drug-likeness (QED) is 0.607. The van der Waals surface area contributed by atoms with Gasteiger partial charge in [-0.1, -0.05) is 46.0 Å². The summed E-state index contributed by atoms with van der Waals surface area (Å²) in [6, 6.07) is 0. The Kier molecular flexibility index (Phi) is 20.2. The van der Waals surface area contributed by atoms with Crippen molar-refractivity contribution in [2.45, 2.75) is 46.0 Å². The van der Waals surface area contributed by atoms with Crippen molar-refractivity contribution in [1.82, 2.24) is 0 Å². The Bertz CT molecular complexity index is 40.8. The van der Waals surface area contributed by atoms with E-state index in [1.807, 2.05) is 0 Å². The van der Waals surface area contributed by atoms with E-state index in [-0.39, 0.29) is 13.2 Å². The lowest BCUT2D eigenvalue weighted by Crippen LogP contribution is -1.85. The number of hydrogen-bond donors (Lipinski definition) is 2. The summed E-state index contributed by atoms with van der Waals surface area (Å²) in [7, 11) is 0. The molecule has 2 nitrogen and oxygen atoms in total. The van der Waals surface area contributed by atoms with Gasteiger partial charge in [0.15, 0.2) is 0 Å². The molecule has 0 aromatic carbocycles. The third-order valence-corrected chi connectivity index (χ3v) is 1.31. The molecule has 0 spiro atoms. The molecule has 0 saturated carbocycles. The molecule has 0 atom stereocenters. The first-order valence-corrected chi connectivity index (χ1v) is 4.55. The molecule has 0 radical (unpaired) electrons. The van der Waals surface area contributed by atoms with Crippen LogP contribution in [0, 0.1) is 0 Å². The van der Waals surface area contributed by atoms with Crippen molar-refractivity contribution in [1.29, 1.82) is 0 Å².